The molecule has 2 amide bonds. The van der Waals surface area contributed by atoms with Crippen molar-refractivity contribution in [1.29, 1.82) is 0 Å². The van der Waals surface area contributed by atoms with Gasteiger partial charge in [-0.1, -0.05) is 0 Å². The Balaban J connectivity index is 2.25. The minimum Gasteiger partial charge on any atom is -0.480 e. The van der Waals surface area contributed by atoms with Crippen molar-refractivity contribution in [3.8, 4) is 0 Å². The molecule has 16 heavy (non-hydrogen) atoms. The maximum Gasteiger partial charge on any atom is 0.321 e. The van der Waals surface area contributed by atoms with E-state index in [2.05, 4.69) is 0 Å². The third-order valence-corrected chi connectivity index (χ3v) is 3.26. The van der Waals surface area contributed by atoms with Crippen LogP contribution in [-0.2, 0) is 14.4 Å². The number of likely N-dealkylation sites (tertiary alicyclic amines) is 1. The normalized spacial score (nSPS) is 17.6. The molecule has 1 aliphatic rings. The van der Waals surface area contributed by atoms with Crippen molar-refractivity contribution in [2.45, 2.75) is 18.9 Å². The van der Waals surface area contributed by atoms with Gasteiger partial charge in [0.05, 0.1) is 5.75 Å². The summed E-state index contributed by atoms with van der Waals surface area (Å²) < 4.78 is 0. The topological polar surface area (TPSA) is 101 Å². The van der Waals surface area contributed by atoms with Gasteiger partial charge in [0, 0.05) is 18.7 Å². The first-order chi connectivity index (χ1) is 7.52. The second-order valence-corrected chi connectivity index (χ2v) is 4.53. The Morgan fingerprint density at radius 2 is 2.25 bits per heavy atom. The van der Waals surface area contributed by atoms with Crippen molar-refractivity contribution in [2.24, 2.45) is 5.73 Å². The first kappa shape index (κ1) is 13.0. The predicted octanol–water partition coefficient (Wildman–Crippen LogP) is -0.720. The van der Waals surface area contributed by atoms with Crippen LogP contribution >= 0.6 is 11.8 Å². The number of thioether (sulfide) groups is 1. The van der Waals surface area contributed by atoms with Crippen LogP contribution in [0.5, 0.6) is 0 Å². The fourth-order valence-electron chi connectivity index (χ4n) is 1.33. The standard InChI is InChI=1S/C9H14N2O4S/c10-6(9(14)15)4-16-5-8(13)11-3-1-2-7(11)12/h6H,1-5,10H2,(H,14,15)/t6-/m1/s1. The maximum atomic E-state index is 11.5. The highest BCUT2D eigenvalue weighted by Gasteiger charge is 2.26. The molecular weight excluding hydrogens is 232 g/mol. The van der Waals surface area contributed by atoms with Gasteiger partial charge >= 0.3 is 5.97 Å². The maximum absolute atomic E-state index is 11.5. The Labute approximate surface area is 97.2 Å². The number of nitrogens with zero attached hydrogens (tertiary/aromatic N) is 1. The zero-order valence-electron chi connectivity index (χ0n) is 8.72. The van der Waals surface area contributed by atoms with Crippen molar-refractivity contribution in [3.05, 3.63) is 0 Å². The van der Waals surface area contributed by atoms with E-state index >= 15 is 0 Å². The van der Waals surface area contributed by atoms with E-state index in [1.807, 2.05) is 0 Å². The molecule has 1 aliphatic heterocycles. The van der Waals surface area contributed by atoms with Crippen LogP contribution in [0.3, 0.4) is 0 Å². The molecule has 0 spiro atoms. The summed E-state index contributed by atoms with van der Waals surface area (Å²) in [7, 11) is 0. The third kappa shape index (κ3) is 3.49. The van der Waals surface area contributed by atoms with Crippen LogP contribution in [0.4, 0.5) is 0 Å². The van der Waals surface area contributed by atoms with E-state index in [9.17, 15) is 14.4 Å². The van der Waals surface area contributed by atoms with Gasteiger partial charge in [0.1, 0.15) is 6.04 Å². The van der Waals surface area contributed by atoms with Gasteiger partial charge in [-0.15, -0.1) is 11.8 Å². The Hall–Kier alpha value is -1.08. The molecule has 0 aromatic carbocycles. The molecule has 1 fully saturated rings. The van der Waals surface area contributed by atoms with E-state index in [-0.39, 0.29) is 23.3 Å². The summed E-state index contributed by atoms with van der Waals surface area (Å²) in [6, 6.07) is -0.966. The third-order valence-electron chi connectivity index (χ3n) is 2.21. The number of carboxylic acid groups (broad SMARTS) is 1. The smallest absolute Gasteiger partial charge is 0.321 e. The molecule has 1 heterocycles. The number of carbonyl (C=O) groups excluding carboxylic acids is 2. The van der Waals surface area contributed by atoms with E-state index in [1.54, 1.807) is 0 Å². The fourth-order valence-corrected chi connectivity index (χ4v) is 2.18. The van der Waals surface area contributed by atoms with Gasteiger partial charge in [-0.3, -0.25) is 19.3 Å². The summed E-state index contributed by atoms with van der Waals surface area (Å²) in [4.78, 5) is 34.3. The van der Waals surface area contributed by atoms with Gasteiger partial charge in [-0.05, 0) is 6.42 Å². The van der Waals surface area contributed by atoms with Gasteiger partial charge in [0.25, 0.3) is 0 Å². The molecule has 3 N–H and O–H groups in total. The first-order valence-electron chi connectivity index (χ1n) is 4.91. The average Bonchev–Trinajstić information content (AvgIpc) is 2.64. The monoisotopic (exact) mass is 246 g/mol. The number of nitrogens with two attached hydrogens (primary N) is 1. The highest BCUT2D eigenvalue weighted by atomic mass is 32.2. The zero-order chi connectivity index (χ0) is 12.1. The molecule has 90 valence electrons. The van der Waals surface area contributed by atoms with Crippen LogP contribution in [0.2, 0.25) is 0 Å². The second kappa shape index (κ2) is 5.86. The lowest BCUT2D eigenvalue weighted by Crippen LogP contribution is -2.35. The molecule has 0 unspecified atom stereocenters. The van der Waals surface area contributed by atoms with Crippen LogP contribution < -0.4 is 5.73 Å². The number of carboxylic acids is 1. The van der Waals surface area contributed by atoms with E-state index in [1.165, 1.54) is 4.90 Å². The Morgan fingerprint density at radius 1 is 1.56 bits per heavy atom. The van der Waals surface area contributed by atoms with Gasteiger partial charge in [0.2, 0.25) is 11.8 Å². The largest absolute Gasteiger partial charge is 0.480 e. The highest BCUT2D eigenvalue weighted by molar-refractivity contribution is 8.00. The summed E-state index contributed by atoms with van der Waals surface area (Å²) in [6.07, 6.45) is 1.13. The summed E-state index contributed by atoms with van der Waals surface area (Å²) in [5.74, 6) is -1.22. The Bertz CT molecular complexity index is 308. The molecule has 0 aromatic heterocycles. The van der Waals surface area contributed by atoms with Gasteiger partial charge in [-0.25, -0.2) is 0 Å². The molecular formula is C9H14N2O4S. The number of carbonyl (C=O) groups is 3. The number of aliphatic carboxylic acids is 1. The van der Waals surface area contributed by atoms with Crippen molar-refractivity contribution < 1.29 is 19.5 Å². The molecule has 0 radical (unpaired) electrons. The highest BCUT2D eigenvalue weighted by Crippen LogP contribution is 2.12. The summed E-state index contributed by atoms with van der Waals surface area (Å²) >= 11 is 1.14. The first-order valence-corrected chi connectivity index (χ1v) is 6.07. The predicted molar refractivity (Wildman–Crippen MR) is 58.9 cm³/mol. The number of amides is 2. The molecule has 1 rings (SSSR count). The van der Waals surface area contributed by atoms with Crippen LogP contribution in [0, 0.1) is 0 Å². The van der Waals surface area contributed by atoms with Crippen LogP contribution in [-0.4, -0.2) is 51.9 Å². The van der Waals surface area contributed by atoms with E-state index in [4.69, 9.17) is 10.8 Å². The average molecular weight is 246 g/mol. The minimum atomic E-state index is -1.09. The number of imide groups is 1. The van der Waals surface area contributed by atoms with Gasteiger partial charge in [-0.2, -0.15) is 0 Å². The summed E-state index contributed by atoms with van der Waals surface area (Å²) in [6.45, 7) is 0.475. The van der Waals surface area contributed by atoms with E-state index in [0.29, 0.717) is 19.4 Å². The quantitative estimate of drug-likeness (QED) is 0.664. The van der Waals surface area contributed by atoms with E-state index < -0.39 is 12.0 Å². The van der Waals surface area contributed by atoms with Gasteiger partial charge < -0.3 is 10.8 Å². The lowest BCUT2D eigenvalue weighted by atomic mass is 10.4. The van der Waals surface area contributed by atoms with Crippen LogP contribution in [0.15, 0.2) is 0 Å². The number of hydrogen-bond donors (Lipinski definition) is 2. The van der Waals surface area contributed by atoms with Crippen molar-refractivity contribution in [1.82, 2.24) is 4.90 Å². The Kier molecular flexibility index (Phi) is 4.75. The molecule has 7 heteroatoms. The number of rotatable bonds is 5. The van der Waals surface area contributed by atoms with Crippen molar-refractivity contribution in [2.75, 3.05) is 18.1 Å². The lowest BCUT2D eigenvalue weighted by Gasteiger charge is -2.13. The SMILES string of the molecule is N[C@H](CSCC(=O)N1CCCC1=O)C(=O)O. The zero-order valence-corrected chi connectivity index (χ0v) is 9.53. The van der Waals surface area contributed by atoms with Crippen LogP contribution in [0.1, 0.15) is 12.8 Å². The lowest BCUT2D eigenvalue weighted by molar-refractivity contribution is -0.140. The molecule has 6 nitrogen and oxygen atoms in total. The number of hydrogen-bond acceptors (Lipinski definition) is 5. The molecule has 0 bridgehead atoms. The van der Waals surface area contributed by atoms with E-state index in [0.717, 1.165) is 11.8 Å². The van der Waals surface area contributed by atoms with Gasteiger partial charge in [0.15, 0.2) is 0 Å². The molecule has 0 saturated carbocycles. The summed E-state index contributed by atoms with van der Waals surface area (Å²) in [5, 5.41) is 8.51. The van der Waals surface area contributed by atoms with Crippen molar-refractivity contribution >= 4 is 29.5 Å². The second-order valence-electron chi connectivity index (χ2n) is 3.50. The summed E-state index contributed by atoms with van der Waals surface area (Å²) in [5.41, 5.74) is 5.27. The fraction of sp³-hybridized carbons (Fsp3) is 0.667. The molecule has 1 saturated heterocycles. The van der Waals surface area contributed by atoms with Crippen molar-refractivity contribution in [3.63, 3.8) is 0 Å². The van der Waals surface area contributed by atoms with Crippen LogP contribution in [0.25, 0.3) is 0 Å². The minimum absolute atomic E-state index is 0.104. The molecule has 0 aliphatic carbocycles. The molecule has 1 atom stereocenters. The Morgan fingerprint density at radius 3 is 2.75 bits per heavy atom. The molecule has 0 aromatic rings.